The minimum Gasteiger partial charge on any atom is -0.507 e. The van der Waals surface area contributed by atoms with E-state index in [4.69, 9.17) is 4.74 Å². The molecular formula is C21H27N3O3. The van der Waals surface area contributed by atoms with Crippen LogP contribution in [0, 0.1) is 13.8 Å². The number of phenols is 1. The van der Waals surface area contributed by atoms with Gasteiger partial charge in [0.1, 0.15) is 11.5 Å². The molecule has 0 atom stereocenters. The maximum atomic E-state index is 11.9. The number of aryl methyl sites for hydroxylation is 1. The zero-order valence-electron chi connectivity index (χ0n) is 16.3. The van der Waals surface area contributed by atoms with Crippen molar-refractivity contribution in [3.8, 4) is 11.5 Å². The van der Waals surface area contributed by atoms with E-state index in [-0.39, 0.29) is 18.3 Å². The van der Waals surface area contributed by atoms with E-state index in [1.807, 2.05) is 38.1 Å². The molecule has 0 aliphatic rings. The van der Waals surface area contributed by atoms with E-state index in [0.29, 0.717) is 11.3 Å². The van der Waals surface area contributed by atoms with Crippen LogP contribution in [-0.4, -0.2) is 36.9 Å². The number of nitrogens with one attached hydrogen (secondary N) is 1. The Morgan fingerprint density at radius 1 is 1.22 bits per heavy atom. The Labute approximate surface area is 160 Å². The van der Waals surface area contributed by atoms with E-state index < -0.39 is 0 Å². The Balaban J connectivity index is 1.91. The number of nitrogens with zero attached hydrogens (tertiary/aromatic N) is 2. The van der Waals surface area contributed by atoms with Gasteiger partial charge >= 0.3 is 0 Å². The largest absolute Gasteiger partial charge is 0.507 e. The predicted octanol–water partition coefficient (Wildman–Crippen LogP) is 3.38. The predicted molar refractivity (Wildman–Crippen MR) is 109 cm³/mol. The molecule has 0 aliphatic carbocycles. The Hall–Kier alpha value is -3.02. The van der Waals surface area contributed by atoms with Gasteiger partial charge in [0.05, 0.1) is 6.21 Å². The van der Waals surface area contributed by atoms with Gasteiger partial charge in [-0.1, -0.05) is 12.1 Å². The van der Waals surface area contributed by atoms with Crippen LogP contribution in [0.3, 0.4) is 0 Å². The number of phenolic OH excluding ortho intramolecular Hbond substituents is 1. The molecule has 144 valence electrons. The number of hydrogen-bond acceptors (Lipinski definition) is 5. The standard InChI is InChI=1S/C21H27N3O3/c1-5-24(6-2)18-11-10-17(19(25)12-18)13-22-23-21(26)14-27-20-9-7-8-15(3)16(20)4/h7-13,25H,5-6,14H2,1-4H3,(H,23,26)/b22-13-. The van der Waals surface area contributed by atoms with Crippen molar-refractivity contribution in [1.82, 2.24) is 5.43 Å². The summed E-state index contributed by atoms with van der Waals surface area (Å²) in [5.41, 5.74) is 5.99. The molecule has 0 radical (unpaired) electrons. The number of anilines is 1. The van der Waals surface area contributed by atoms with Crippen molar-refractivity contribution in [2.75, 3.05) is 24.6 Å². The molecular weight excluding hydrogens is 342 g/mol. The van der Waals surface area contributed by atoms with Crippen LogP contribution in [0.25, 0.3) is 0 Å². The van der Waals surface area contributed by atoms with Crippen LogP contribution in [0.4, 0.5) is 5.69 Å². The monoisotopic (exact) mass is 369 g/mol. The van der Waals surface area contributed by atoms with Gasteiger partial charge < -0.3 is 14.7 Å². The molecule has 6 heteroatoms. The van der Waals surface area contributed by atoms with Crippen LogP contribution in [0.2, 0.25) is 0 Å². The number of carbonyl (C=O) groups is 1. The zero-order chi connectivity index (χ0) is 19.8. The number of aromatic hydroxyl groups is 1. The summed E-state index contributed by atoms with van der Waals surface area (Å²) in [7, 11) is 0. The average Bonchev–Trinajstić information content (AvgIpc) is 2.65. The van der Waals surface area contributed by atoms with E-state index in [1.165, 1.54) is 6.21 Å². The van der Waals surface area contributed by atoms with Crippen LogP contribution in [0.5, 0.6) is 11.5 Å². The van der Waals surface area contributed by atoms with Crippen molar-refractivity contribution < 1.29 is 14.6 Å². The maximum absolute atomic E-state index is 11.9. The summed E-state index contributed by atoms with van der Waals surface area (Å²) in [6.45, 7) is 9.65. The highest BCUT2D eigenvalue weighted by Crippen LogP contribution is 2.23. The highest BCUT2D eigenvalue weighted by Gasteiger charge is 2.07. The summed E-state index contributed by atoms with van der Waals surface area (Å²) in [6, 6.07) is 11.1. The molecule has 27 heavy (non-hydrogen) atoms. The van der Waals surface area contributed by atoms with Gasteiger partial charge in [-0.15, -0.1) is 0 Å². The molecule has 0 saturated heterocycles. The number of hydrazone groups is 1. The van der Waals surface area contributed by atoms with Gasteiger partial charge in [-0.3, -0.25) is 4.79 Å². The third-order valence-electron chi connectivity index (χ3n) is 4.45. The summed E-state index contributed by atoms with van der Waals surface area (Å²) in [5, 5.41) is 14.0. The molecule has 2 N–H and O–H groups in total. The minimum atomic E-state index is -0.369. The topological polar surface area (TPSA) is 74.2 Å². The summed E-state index contributed by atoms with van der Waals surface area (Å²) in [5.74, 6) is 0.425. The summed E-state index contributed by atoms with van der Waals surface area (Å²) >= 11 is 0. The van der Waals surface area contributed by atoms with Crippen LogP contribution in [0.1, 0.15) is 30.5 Å². The fraction of sp³-hybridized carbons (Fsp3) is 0.333. The lowest BCUT2D eigenvalue weighted by Gasteiger charge is -2.21. The van der Waals surface area contributed by atoms with Crippen molar-refractivity contribution in [1.29, 1.82) is 0 Å². The van der Waals surface area contributed by atoms with E-state index in [2.05, 4.69) is 29.3 Å². The number of benzene rings is 2. The smallest absolute Gasteiger partial charge is 0.277 e. The third kappa shape index (κ3) is 5.48. The quantitative estimate of drug-likeness (QED) is 0.553. The Morgan fingerprint density at radius 2 is 1.96 bits per heavy atom. The van der Waals surface area contributed by atoms with Crippen molar-refractivity contribution in [2.24, 2.45) is 5.10 Å². The number of carbonyl (C=O) groups excluding carboxylic acids is 1. The summed E-state index contributed by atoms with van der Waals surface area (Å²) < 4.78 is 5.53. The van der Waals surface area contributed by atoms with Crippen molar-refractivity contribution in [3.05, 3.63) is 53.1 Å². The lowest BCUT2D eigenvalue weighted by atomic mass is 10.1. The van der Waals surface area contributed by atoms with Crippen molar-refractivity contribution in [3.63, 3.8) is 0 Å². The minimum absolute atomic E-state index is 0.115. The Morgan fingerprint density at radius 3 is 2.63 bits per heavy atom. The molecule has 2 aromatic rings. The second kappa shape index (κ2) is 9.62. The fourth-order valence-corrected chi connectivity index (χ4v) is 2.66. The first-order chi connectivity index (χ1) is 13.0. The van der Waals surface area contributed by atoms with Gasteiger partial charge in [0.25, 0.3) is 5.91 Å². The molecule has 2 aromatic carbocycles. The van der Waals surface area contributed by atoms with Crippen LogP contribution in [0.15, 0.2) is 41.5 Å². The Kier molecular flexibility index (Phi) is 7.23. The van der Waals surface area contributed by atoms with E-state index in [0.717, 1.165) is 29.9 Å². The molecule has 0 fully saturated rings. The highest BCUT2D eigenvalue weighted by molar-refractivity contribution is 5.86. The molecule has 0 saturated carbocycles. The van der Waals surface area contributed by atoms with Crippen LogP contribution >= 0.6 is 0 Å². The fourth-order valence-electron chi connectivity index (χ4n) is 2.66. The lowest BCUT2D eigenvalue weighted by molar-refractivity contribution is -0.123. The van der Waals surface area contributed by atoms with Gasteiger partial charge in [0.15, 0.2) is 6.61 Å². The first kappa shape index (κ1) is 20.3. The van der Waals surface area contributed by atoms with Gasteiger partial charge in [-0.2, -0.15) is 5.10 Å². The van der Waals surface area contributed by atoms with Crippen LogP contribution in [-0.2, 0) is 4.79 Å². The molecule has 0 unspecified atom stereocenters. The van der Waals surface area contributed by atoms with Crippen LogP contribution < -0.4 is 15.1 Å². The lowest BCUT2D eigenvalue weighted by Crippen LogP contribution is -2.24. The van der Waals surface area contributed by atoms with Crippen molar-refractivity contribution >= 4 is 17.8 Å². The summed E-state index contributed by atoms with van der Waals surface area (Å²) in [4.78, 5) is 14.0. The Bertz CT molecular complexity index is 814. The van der Waals surface area contributed by atoms with Gasteiger partial charge in [-0.25, -0.2) is 5.43 Å². The second-order valence-electron chi connectivity index (χ2n) is 6.20. The van der Waals surface area contributed by atoms with Crippen molar-refractivity contribution in [2.45, 2.75) is 27.7 Å². The van der Waals surface area contributed by atoms with E-state index in [9.17, 15) is 9.90 Å². The molecule has 1 amide bonds. The molecule has 6 nitrogen and oxygen atoms in total. The van der Waals surface area contributed by atoms with Gasteiger partial charge in [0, 0.05) is 30.4 Å². The number of ether oxygens (including phenoxy) is 1. The number of amides is 1. The zero-order valence-corrected chi connectivity index (χ0v) is 16.3. The molecule has 0 spiro atoms. The first-order valence-electron chi connectivity index (χ1n) is 9.05. The molecule has 0 bridgehead atoms. The van der Waals surface area contributed by atoms with Gasteiger partial charge in [0.2, 0.25) is 0 Å². The normalized spacial score (nSPS) is 10.8. The first-order valence-corrected chi connectivity index (χ1v) is 9.05. The number of hydrogen-bond donors (Lipinski definition) is 2. The average molecular weight is 369 g/mol. The van der Waals surface area contributed by atoms with Gasteiger partial charge in [-0.05, 0) is 57.0 Å². The van der Waals surface area contributed by atoms with E-state index >= 15 is 0 Å². The van der Waals surface area contributed by atoms with E-state index in [1.54, 1.807) is 12.1 Å². The molecule has 0 aliphatic heterocycles. The number of rotatable bonds is 8. The summed E-state index contributed by atoms with van der Waals surface area (Å²) in [6.07, 6.45) is 1.41. The maximum Gasteiger partial charge on any atom is 0.277 e. The highest BCUT2D eigenvalue weighted by atomic mass is 16.5. The SMILES string of the molecule is CCN(CC)c1ccc(/C=N\NC(=O)COc2cccc(C)c2C)c(O)c1. The second-order valence-corrected chi connectivity index (χ2v) is 6.20. The molecule has 0 heterocycles. The molecule has 0 aromatic heterocycles. The third-order valence-corrected chi connectivity index (χ3v) is 4.45. The molecule has 2 rings (SSSR count).